The third-order valence-electron chi connectivity index (χ3n) is 7.97. The molecule has 0 saturated carbocycles. The van der Waals surface area contributed by atoms with Crippen molar-refractivity contribution in [1.82, 2.24) is 14.7 Å². The van der Waals surface area contributed by atoms with E-state index in [1.165, 1.54) is 0 Å². The van der Waals surface area contributed by atoms with Crippen LogP contribution in [0.3, 0.4) is 0 Å². The maximum absolute atomic E-state index is 13.0. The highest BCUT2D eigenvalue weighted by molar-refractivity contribution is 5.89. The molecule has 246 valence electrons. The summed E-state index contributed by atoms with van der Waals surface area (Å²) < 4.78 is 32.4. The van der Waals surface area contributed by atoms with Gasteiger partial charge >= 0.3 is 0 Å². The molecule has 11 heteroatoms. The van der Waals surface area contributed by atoms with E-state index in [1.54, 1.807) is 79.1 Å². The molecule has 0 bridgehead atoms. The second-order valence-electron chi connectivity index (χ2n) is 10.6. The van der Waals surface area contributed by atoms with Crippen LogP contribution in [-0.4, -0.2) is 114 Å². The Bertz CT molecular complexity index is 1340. The van der Waals surface area contributed by atoms with Gasteiger partial charge in [-0.05, 0) is 35.4 Å². The molecule has 0 atom stereocenters. The van der Waals surface area contributed by atoms with Crippen molar-refractivity contribution in [3.63, 3.8) is 0 Å². The van der Waals surface area contributed by atoms with Crippen molar-refractivity contribution in [2.24, 2.45) is 0 Å². The van der Waals surface area contributed by atoms with E-state index in [-0.39, 0.29) is 17.9 Å². The van der Waals surface area contributed by atoms with Gasteiger partial charge in [-0.1, -0.05) is 36.5 Å². The number of hydrogen-bond donors (Lipinski definition) is 0. The van der Waals surface area contributed by atoms with Gasteiger partial charge in [-0.3, -0.25) is 14.5 Å². The molecule has 2 fully saturated rings. The molecule has 2 aliphatic rings. The molecule has 2 aromatic rings. The summed E-state index contributed by atoms with van der Waals surface area (Å²) in [6.07, 6.45) is 13.9. The Labute approximate surface area is 270 Å². The van der Waals surface area contributed by atoms with Crippen LogP contribution < -0.4 is 28.4 Å². The summed E-state index contributed by atoms with van der Waals surface area (Å²) in [6.45, 7) is 3.98. The number of methoxy groups -OCH3 is 6. The Hall–Kier alpha value is -4.90. The van der Waals surface area contributed by atoms with Crippen LogP contribution in [0.2, 0.25) is 0 Å². The topological polar surface area (TPSA) is 99.2 Å². The molecule has 0 unspecified atom stereocenters. The molecular weight excluding hydrogens is 590 g/mol. The van der Waals surface area contributed by atoms with E-state index in [4.69, 9.17) is 28.4 Å². The minimum atomic E-state index is -0.0607. The van der Waals surface area contributed by atoms with Crippen LogP contribution in [0.4, 0.5) is 0 Å². The van der Waals surface area contributed by atoms with Crippen molar-refractivity contribution in [2.45, 2.75) is 6.04 Å². The summed E-state index contributed by atoms with van der Waals surface area (Å²) in [6, 6.07) is 7.43. The molecule has 0 aliphatic carbocycles. The molecule has 0 N–H and O–H groups in total. The van der Waals surface area contributed by atoms with E-state index in [0.29, 0.717) is 60.7 Å². The maximum Gasteiger partial charge on any atom is 0.246 e. The highest BCUT2D eigenvalue weighted by Gasteiger charge is 2.34. The molecule has 2 saturated heterocycles. The molecule has 0 aromatic heterocycles. The second-order valence-corrected chi connectivity index (χ2v) is 10.6. The third kappa shape index (κ3) is 8.22. The average molecular weight is 634 g/mol. The van der Waals surface area contributed by atoms with Crippen molar-refractivity contribution < 1.29 is 38.0 Å². The van der Waals surface area contributed by atoms with Crippen LogP contribution in [0, 0.1) is 0 Å². The highest BCUT2D eigenvalue weighted by atomic mass is 16.5. The van der Waals surface area contributed by atoms with Gasteiger partial charge in [0.25, 0.3) is 0 Å². The van der Waals surface area contributed by atoms with Gasteiger partial charge in [-0.15, -0.1) is 0 Å². The quantitative estimate of drug-likeness (QED) is 0.254. The standard InChI is InChI=1S/C35H43N3O8/c1-41-28-19-25(20-29(42-2)34(28)45-5)11-7-9-13-32(39)37-17-15-36-16-18-38(24-27(36)23-37)33(40)14-10-8-12-26-21-30(43-3)35(46-6)31(22-26)44-4/h7-14,19-22,27H,15-18,23-24H2,1-6H3. The summed E-state index contributed by atoms with van der Waals surface area (Å²) >= 11 is 0. The van der Waals surface area contributed by atoms with E-state index < -0.39 is 0 Å². The van der Waals surface area contributed by atoms with Crippen molar-refractivity contribution >= 4 is 24.0 Å². The first-order valence-corrected chi connectivity index (χ1v) is 15.0. The maximum atomic E-state index is 13.0. The number of nitrogens with zero attached hydrogens (tertiary/aromatic N) is 3. The number of fused-ring (bicyclic) bond motifs is 1. The van der Waals surface area contributed by atoms with E-state index >= 15 is 0 Å². The lowest BCUT2D eigenvalue weighted by atomic mass is 10.1. The summed E-state index contributed by atoms with van der Waals surface area (Å²) in [5.74, 6) is 3.16. The monoisotopic (exact) mass is 633 g/mol. The lowest BCUT2D eigenvalue weighted by molar-refractivity contribution is -0.133. The van der Waals surface area contributed by atoms with E-state index in [1.807, 2.05) is 46.2 Å². The van der Waals surface area contributed by atoms with Gasteiger partial charge < -0.3 is 38.2 Å². The fourth-order valence-electron chi connectivity index (χ4n) is 5.57. The zero-order valence-electron chi connectivity index (χ0n) is 27.4. The van der Waals surface area contributed by atoms with Gasteiger partial charge in [0.1, 0.15) is 0 Å². The smallest absolute Gasteiger partial charge is 0.246 e. The molecular formula is C35H43N3O8. The summed E-state index contributed by atoms with van der Waals surface area (Å²) in [7, 11) is 9.40. The van der Waals surface area contributed by atoms with Crippen molar-refractivity contribution in [1.29, 1.82) is 0 Å². The van der Waals surface area contributed by atoms with Crippen LogP contribution in [0.15, 0.2) is 60.7 Å². The van der Waals surface area contributed by atoms with Gasteiger partial charge in [-0.2, -0.15) is 0 Å². The number of benzene rings is 2. The number of hydrogen-bond acceptors (Lipinski definition) is 9. The summed E-state index contributed by atoms with van der Waals surface area (Å²) in [5, 5.41) is 0. The van der Waals surface area contributed by atoms with Gasteiger partial charge in [0.2, 0.25) is 23.3 Å². The van der Waals surface area contributed by atoms with Crippen LogP contribution in [0.25, 0.3) is 12.2 Å². The average Bonchev–Trinajstić information content (AvgIpc) is 3.09. The zero-order chi connectivity index (χ0) is 33.1. The van der Waals surface area contributed by atoms with Crippen molar-refractivity contribution in [3.05, 3.63) is 71.8 Å². The van der Waals surface area contributed by atoms with Crippen molar-refractivity contribution in [2.75, 3.05) is 81.9 Å². The van der Waals surface area contributed by atoms with Gasteiger partial charge in [0.05, 0.1) is 42.7 Å². The molecule has 46 heavy (non-hydrogen) atoms. The van der Waals surface area contributed by atoms with Gasteiger partial charge in [0.15, 0.2) is 23.0 Å². The lowest BCUT2D eigenvalue weighted by Crippen LogP contribution is -2.63. The largest absolute Gasteiger partial charge is 0.493 e. The Balaban J connectivity index is 1.31. The molecule has 0 spiro atoms. The van der Waals surface area contributed by atoms with Crippen LogP contribution in [0.5, 0.6) is 34.5 Å². The Kier molecular flexibility index (Phi) is 12.1. The first-order chi connectivity index (χ1) is 22.3. The first kappa shape index (κ1) is 34.0. The molecule has 2 aromatic carbocycles. The third-order valence-corrected chi connectivity index (χ3v) is 7.97. The second kappa shape index (κ2) is 16.4. The molecule has 4 rings (SSSR count). The summed E-state index contributed by atoms with van der Waals surface area (Å²) in [5.41, 5.74) is 1.69. The normalized spacial score (nSPS) is 17.1. The minimum absolute atomic E-state index is 0.0607. The van der Waals surface area contributed by atoms with Crippen LogP contribution >= 0.6 is 0 Å². The Morgan fingerprint density at radius 3 is 1.26 bits per heavy atom. The molecule has 2 heterocycles. The number of carbonyl (C=O) groups excluding carboxylic acids is 2. The van der Waals surface area contributed by atoms with Crippen molar-refractivity contribution in [3.8, 4) is 34.5 Å². The number of carbonyl (C=O) groups is 2. The highest BCUT2D eigenvalue weighted by Crippen LogP contribution is 2.39. The molecule has 11 nitrogen and oxygen atoms in total. The Morgan fingerprint density at radius 1 is 0.565 bits per heavy atom. The van der Waals surface area contributed by atoms with Crippen LogP contribution in [0.1, 0.15) is 11.1 Å². The number of ether oxygens (including phenoxy) is 6. The predicted molar refractivity (Wildman–Crippen MR) is 177 cm³/mol. The summed E-state index contributed by atoms with van der Waals surface area (Å²) in [4.78, 5) is 32.0. The molecule has 2 amide bonds. The number of rotatable bonds is 12. The van der Waals surface area contributed by atoms with Crippen LogP contribution in [-0.2, 0) is 9.59 Å². The minimum Gasteiger partial charge on any atom is -0.493 e. The molecule has 2 aliphatic heterocycles. The number of piperazine rings is 2. The SMILES string of the molecule is COc1cc(C=CC=CC(=O)N2CCN3CCN(C(=O)C=CC=Cc4cc(OC)c(OC)c(OC)c4)CC3C2)cc(OC)c1OC. The zero-order valence-corrected chi connectivity index (χ0v) is 27.4. The number of allylic oxidation sites excluding steroid dienone is 4. The van der Waals surface area contributed by atoms with E-state index in [9.17, 15) is 9.59 Å². The van der Waals surface area contributed by atoms with E-state index in [0.717, 1.165) is 24.2 Å². The Morgan fingerprint density at radius 2 is 0.935 bits per heavy atom. The van der Waals surface area contributed by atoms with E-state index in [2.05, 4.69) is 4.90 Å². The van der Waals surface area contributed by atoms with Gasteiger partial charge in [0, 0.05) is 57.5 Å². The lowest BCUT2D eigenvalue weighted by Gasteiger charge is -2.46. The fourth-order valence-corrected chi connectivity index (χ4v) is 5.57. The molecule has 0 radical (unpaired) electrons. The number of amides is 2. The first-order valence-electron chi connectivity index (χ1n) is 15.0. The van der Waals surface area contributed by atoms with Gasteiger partial charge in [-0.25, -0.2) is 0 Å². The predicted octanol–water partition coefficient (Wildman–Crippen LogP) is 3.93. The fraction of sp³-hybridized carbons (Fsp3) is 0.371.